The monoisotopic (exact) mass is 390 g/mol. The second-order valence-electron chi connectivity index (χ2n) is 8.02. The molecule has 0 N–H and O–H groups in total. The van der Waals surface area contributed by atoms with E-state index in [0.29, 0.717) is 19.1 Å². The van der Waals surface area contributed by atoms with E-state index in [1.54, 1.807) is 7.11 Å². The Morgan fingerprint density at radius 2 is 1.96 bits per heavy atom. The predicted molar refractivity (Wildman–Crippen MR) is 104 cm³/mol. The molecule has 1 aromatic rings. The highest BCUT2D eigenvalue weighted by atomic mass is 16.6. The Hall–Kier alpha value is -2.15. The number of hydrogen-bond acceptors (Lipinski definition) is 6. The van der Waals surface area contributed by atoms with Crippen LogP contribution in [0.3, 0.4) is 0 Å². The number of rotatable bonds is 6. The first-order chi connectivity index (χ1) is 13.6. The summed E-state index contributed by atoms with van der Waals surface area (Å²) >= 11 is 0. The molecule has 3 aliphatic rings. The van der Waals surface area contributed by atoms with Crippen molar-refractivity contribution in [1.29, 1.82) is 0 Å². The zero-order valence-corrected chi connectivity index (χ0v) is 16.8. The lowest BCUT2D eigenvalue weighted by Gasteiger charge is -2.36. The van der Waals surface area contributed by atoms with E-state index in [1.807, 2.05) is 30.0 Å². The van der Waals surface area contributed by atoms with Crippen molar-refractivity contribution in [2.45, 2.75) is 38.3 Å². The number of hydrogen-bond donors (Lipinski definition) is 0. The molecule has 0 saturated carbocycles. The fourth-order valence-corrected chi connectivity index (χ4v) is 4.24. The van der Waals surface area contributed by atoms with E-state index in [-0.39, 0.29) is 18.2 Å². The summed E-state index contributed by atoms with van der Waals surface area (Å²) in [7, 11) is 1.65. The van der Waals surface area contributed by atoms with Crippen molar-refractivity contribution >= 4 is 6.09 Å². The number of ether oxygens (including phenoxy) is 4. The van der Waals surface area contributed by atoms with E-state index in [1.165, 1.54) is 0 Å². The topological polar surface area (TPSA) is 60.5 Å². The first-order valence-corrected chi connectivity index (χ1v) is 10.3. The molecule has 7 heteroatoms. The van der Waals surface area contributed by atoms with E-state index in [0.717, 1.165) is 62.7 Å². The number of likely N-dealkylation sites (tertiary alicyclic amines) is 1. The molecule has 1 aromatic carbocycles. The second kappa shape index (κ2) is 8.47. The van der Waals surface area contributed by atoms with Crippen LogP contribution < -0.4 is 14.2 Å². The summed E-state index contributed by atoms with van der Waals surface area (Å²) < 4.78 is 22.4. The van der Waals surface area contributed by atoms with Crippen LogP contribution in [0.5, 0.6) is 17.2 Å². The number of nitrogens with zero attached hydrogens (tertiary/aromatic N) is 2. The molecule has 28 heavy (non-hydrogen) atoms. The summed E-state index contributed by atoms with van der Waals surface area (Å²) in [6.07, 6.45) is 3.27. The molecule has 2 saturated heterocycles. The minimum Gasteiger partial charge on any atom is -0.497 e. The van der Waals surface area contributed by atoms with Gasteiger partial charge in [0.25, 0.3) is 0 Å². The summed E-state index contributed by atoms with van der Waals surface area (Å²) in [5.41, 5.74) is 0. The Bertz CT molecular complexity index is 689. The Balaban J connectivity index is 1.21. The highest BCUT2D eigenvalue weighted by Crippen LogP contribution is 2.35. The van der Waals surface area contributed by atoms with Crippen LogP contribution in [0.1, 0.15) is 26.2 Å². The van der Waals surface area contributed by atoms with Gasteiger partial charge < -0.3 is 23.8 Å². The van der Waals surface area contributed by atoms with Crippen LogP contribution in [0.25, 0.3) is 0 Å². The maximum absolute atomic E-state index is 11.7. The fraction of sp³-hybridized carbons (Fsp3) is 0.667. The average Bonchev–Trinajstić information content (AvgIpc) is 3.04. The molecular weight excluding hydrogens is 360 g/mol. The fourth-order valence-electron chi connectivity index (χ4n) is 4.24. The largest absolute Gasteiger partial charge is 0.497 e. The SMILES string of the molecule is COc1ccc2c(c1)O[C@@H](CN1CCC(CCN3C(=O)OC[C@@H]3C)CC1)CO2. The number of amides is 1. The highest BCUT2D eigenvalue weighted by Gasteiger charge is 2.31. The number of carbonyl (C=O) groups is 1. The quantitative estimate of drug-likeness (QED) is 0.744. The van der Waals surface area contributed by atoms with Gasteiger partial charge in [0.1, 0.15) is 25.1 Å². The first-order valence-electron chi connectivity index (χ1n) is 10.3. The van der Waals surface area contributed by atoms with Crippen molar-refractivity contribution in [1.82, 2.24) is 9.80 Å². The van der Waals surface area contributed by atoms with E-state index >= 15 is 0 Å². The molecule has 2 atom stereocenters. The molecule has 0 bridgehead atoms. The third-order valence-electron chi connectivity index (χ3n) is 6.03. The third kappa shape index (κ3) is 4.29. The van der Waals surface area contributed by atoms with Crippen LogP contribution in [0.15, 0.2) is 18.2 Å². The zero-order chi connectivity index (χ0) is 19.5. The summed E-state index contributed by atoms with van der Waals surface area (Å²) in [6.45, 7) is 6.96. The maximum Gasteiger partial charge on any atom is 0.410 e. The van der Waals surface area contributed by atoms with Gasteiger partial charge in [-0.25, -0.2) is 4.79 Å². The van der Waals surface area contributed by atoms with Crippen LogP contribution in [-0.2, 0) is 4.74 Å². The van der Waals surface area contributed by atoms with Crippen molar-refractivity contribution in [2.24, 2.45) is 5.92 Å². The minimum absolute atomic E-state index is 0.0383. The van der Waals surface area contributed by atoms with Gasteiger partial charge in [0, 0.05) is 19.2 Å². The van der Waals surface area contributed by atoms with Gasteiger partial charge in [0.2, 0.25) is 0 Å². The van der Waals surface area contributed by atoms with Gasteiger partial charge in [-0.3, -0.25) is 4.90 Å². The van der Waals surface area contributed by atoms with Gasteiger partial charge in [-0.05, 0) is 57.3 Å². The molecular formula is C21H30N2O5. The van der Waals surface area contributed by atoms with Crippen molar-refractivity contribution in [2.75, 3.05) is 46.5 Å². The molecule has 0 unspecified atom stereocenters. The standard InChI is InChI=1S/C21H30N2O5/c1-15-13-27-21(24)23(15)10-7-16-5-8-22(9-6-16)12-18-14-26-19-4-3-17(25-2)11-20(19)28-18/h3-4,11,15-16,18H,5-10,12-14H2,1-2H3/t15-,18-/m0/s1. The van der Waals surface area contributed by atoms with Gasteiger partial charge in [0.15, 0.2) is 11.5 Å². The summed E-state index contributed by atoms with van der Waals surface area (Å²) in [4.78, 5) is 16.0. The molecule has 0 radical (unpaired) electrons. The van der Waals surface area contributed by atoms with Crippen LogP contribution in [-0.4, -0.2) is 74.5 Å². The van der Waals surface area contributed by atoms with E-state index in [4.69, 9.17) is 18.9 Å². The normalized spacial score (nSPS) is 25.6. The van der Waals surface area contributed by atoms with Crippen molar-refractivity contribution in [3.8, 4) is 17.2 Å². The van der Waals surface area contributed by atoms with Crippen molar-refractivity contribution in [3.05, 3.63) is 18.2 Å². The molecule has 4 rings (SSSR count). The third-order valence-corrected chi connectivity index (χ3v) is 6.03. The molecule has 0 spiro atoms. The summed E-state index contributed by atoms with van der Waals surface area (Å²) in [5, 5.41) is 0. The molecule has 0 aromatic heterocycles. The molecule has 2 fully saturated rings. The van der Waals surface area contributed by atoms with E-state index in [2.05, 4.69) is 4.90 Å². The Morgan fingerprint density at radius 1 is 1.14 bits per heavy atom. The van der Waals surface area contributed by atoms with Crippen LogP contribution in [0.2, 0.25) is 0 Å². The number of cyclic esters (lactones) is 1. The Morgan fingerprint density at radius 3 is 2.68 bits per heavy atom. The Kier molecular flexibility index (Phi) is 5.80. The smallest absolute Gasteiger partial charge is 0.410 e. The Labute approximate surface area is 166 Å². The van der Waals surface area contributed by atoms with Gasteiger partial charge in [-0.15, -0.1) is 0 Å². The number of carbonyl (C=O) groups excluding carboxylic acids is 1. The molecule has 1 amide bonds. The van der Waals surface area contributed by atoms with Crippen LogP contribution in [0, 0.1) is 5.92 Å². The maximum atomic E-state index is 11.7. The molecule has 154 valence electrons. The van der Waals surface area contributed by atoms with Crippen molar-refractivity contribution in [3.63, 3.8) is 0 Å². The number of methoxy groups -OCH3 is 1. The van der Waals surface area contributed by atoms with E-state index in [9.17, 15) is 4.79 Å². The zero-order valence-electron chi connectivity index (χ0n) is 16.8. The van der Waals surface area contributed by atoms with Crippen molar-refractivity contribution < 1.29 is 23.7 Å². The number of fused-ring (bicyclic) bond motifs is 1. The number of benzene rings is 1. The summed E-state index contributed by atoms with van der Waals surface area (Å²) in [6, 6.07) is 5.87. The lowest BCUT2D eigenvalue weighted by atomic mass is 9.93. The first kappa shape index (κ1) is 19.2. The summed E-state index contributed by atoms with van der Waals surface area (Å²) in [5.74, 6) is 2.99. The van der Waals surface area contributed by atoms with Crippen LogP contribution in [0.4, 0.5) is 4.79 Å². The minimum atomic E-state index is -0.156. The van der Waals surface area contributed by atoms with Gasteiger partial charge in [0.05, 0.1) is 13.2 Å². The lowest BCUT2D eigenvalue weighted by Crippen LogP contribution is -2.44. The van der Waals surface area contributed by atoms with E-state index < -0.39 is 0 Å². The molecule has 7 nitrogen and oxygen atoms in total. The highest BCUT2D eigenvalue weighted by molar-refractivity contribution is 5.69. The van der Waals surface area contributed by atoms with Gasteiger partial charge in [-0.1, -0.05) is 0 Å². The average molecular weight is 390 g/mol. The van der Waals surface area contributed by atoms with Crippen LogP contribution >= 0.6 is 0 Å². The number of piperidine rings is 1. The molecule has 3 heterocycles. The molecule has 3 aliphatic heterocycles. The lowest BCUT2D eigenvalue weighted by molar-refractivity contribution is 0.0464. The van der Waals surface area contributed by atoms with Gasteiger partial charge >= 0.3 is 6.09 Å². The molecule has 0 aliphatic carbocycles. The predicted octanol–water partition coefficient (Wildman–Crippen LogP) is 2.78. The second-order valence-corrected chi connectivity index (χ2v) is 8.02. The van der Waals surface area contributed by atoms with Gasteiger partial charge in [-0.2, -0.15) is 0 Å².